The Morgan fingerprint density at radius 1 is 1.11 bits per heavy atom. The average molecular weight is 597 g/mol. The van der Waals surface area contributed by atoms with Gasteiger partial charge in [-0.25, -0.2) is 4.98 Å². The van der Waals surface area contributed by atoms with Crippen LogP contribution in [0.3, 0.4) is 0 Å². The van der Waals surface area contributed by atoms with Crippen molar-refractivity contribution in [3.05, 3.63) is 68.8 Å². The molecule has 0 radical (unpaired) electrons. The first-order valence-corrected chi connectivity index (χ1v) is 15.1. The van der Waals surface area contributed by atoms with Crippen molar-refractivity contribution in [2.75, 3.05) is 24.5 Å². The summed E-state index contributed by atoms with van der Waals surface area (Å²) >= 11 is 5.23. The van der Waals surface area contributed by atoms with Gasteiger partial charge in [0.1, 0.15) is 11.6 Å². The van der Waals surface area contributed by atoms with Crippen LogP contribution in [0.5, 0.6) is 0 Å². The largest absolute Gasteiger partial charge is 0.372 e. The zero-order valence-electron chi connectivity index (χ0n) is 22.5. The van der Waals surface area contributed by atoms with E-state index >= 15 is 0 Å². The van der Waals surface area contributed by atoms with Gasteiger partial charge in [-0.3, -0.25) is 4.79 Å². The molecule has 1 unspecified atom stereocenters. The highest BCUT2D eigenvalue weighted by Crippen LogP contribution is 2.30. The number of benzene rings is 2. The zero-order chi connectivity index (χ0) is 27.1. The summed E-state index contributed by atoms with van der Waals surface area (Å²) < 4.78 is 3.31. The Balaban J connectivity index is 1.65. The van der Waals surface area contributed by atoms with Gasteiger partial charge in [0.15, 0.2) is 0 Å². The van der Waals surface area contributed by atoms with Gasteiger partial charge in [0, 0.05) is 61.3 Å². The third kappa shape index (κ3) is 6.91. The monoisotopic (exact) mass is 595 g/mol. The second-order valence-corrected chi connectivity index (χ2v) is 12.3. The van der Waals surface area contributed by atoms with Crippen molar-refractivity contribution >= 4 is 49.8 Å². The zero-order valence-corrected chi connectivity index (χ0v) is 24.9. The molecule has 2 aromatic heterocycles. The van der Waals surface area contributed by atoms with E-state index in [1.54, 1.807) is 18.3 Å². The number of anilines is 1. The van der Waals surface area contributed by atoms with Crippen LogP contribution in [0.15, 0.2) is 58.4 Å². The summed E-state index contributed by atoms with van der Waals surface area (Å²) in [7, 11) is 0. The minimum Gasteiger partial charge on any atom is -0.372 e. The summed E-state index contributed by atoms with van der Waals surface area (Å²) in [4.78, 5) is 20.8. The molecule has 2 heterocycles. The molecule has 202 valence electrons. The molecule has 0 aliphatic rings. The molecule has 0 saturated heterocycles. The Morgan fingerprint density at radius 3 is 2.45 bits per heavy atom. The molecular formula is C30H38BrN5OS. The lowest BCUT2D eigenvalue weighted by Gasteiger charge is -2.24. The molecule has 0 bridgehead atoms. The minimum absolute atomic E-state index is 0.0803. The molecule has 6 nitrogen and oxygen atoms in total. The van der Waals surface area contributed by atoms with E-state index < -0.39 is 0 Å². The Hall–Kier alpha value is -2.52. The van der Waals surface area contributed by atoms with Crippen LogP contribution in [-0.4, -0.2) is 35.0 Å². The molecule has 3 N–H and O–H groups in total. The standard InChI is InChI=1S/C30H38BrN5OS/c1-4-15-35(16-5-2)24-9-6-22(7-10-24)30-34-27-19-23(8-12-28(27)36(30)17-14-32)26(18-21(3)37)33-20-25-11-13-29(31)38-25/h6-13,19,26,33H,4-5,14-18,20,32H2,1-3H3. The maximum absolute atomic E-state index is 12.1. The summed E-state index contributed by atoms with van der Waals surface area (Å²) in [5.74, 6) is 1.08. The van der Waals surface area contributed by atoms with Gasteiger partial charge in [0.2, 0.25) is 0 Å². The van der Waals surface area contributed by atoms with Gasteiger partial charge >= 0.3 is 0 Å². The van der Waals surface area contributed by atoms with Gasteiger partial charge in [0.25, 0.3) is 0 Å². The Kier molecular flexibility index (Phi) is 10.1. The van der Waals surface area contributed by atoms with Crippen LogP contribution in [0.25, 0.3) is 22.4 Å². The fraction of sp³-hybridized carbons (Fsp3) is 0.400. The second kappa shape index (κ2) is 13.5. The number of aromatic nitrogens is 2. The molecule has 0 aliphatic heterocycles. The van der Waals surface area contributed by atoms with Gasteiger partial charge < -0.3 is 20.5 Å². The molecule has 8 heteroatoms. The lowest BCUT2D eigenvalue weighted by Crippen LogP contribution is -2.24. The van der Waals surface area contributed by atoms with E-state index in [1.165, 1.54) is 10.6 Å². The van der Waals surface area contributed by atoms with E-state index in [9.17, 15) is 4.79 Å². The lowest BCUT2D eigenvalue weighted by atomic mass is 10.0. The van der Waals surface area contributed by atoms with Crippen molar-refractivity contribution in [2.24, 2.45) is 5.73 Å². The van der Waals surface area contributed by atoms with E-state index in [4.69, 9.17) is 10.7 Å². The lowest BCUT2D eigenvalue weighted by molar-refractivity contribution is -0.117. The first-order chi connectivity index (χ1) is 18.4. The van der Waals surface area contributed by atoms with Gasteiger partial charge in [-0.15, -0.1) is 11.3 Å². The number of imidazole rings is 1. The maximum atomic E-state index is 12.1. The van der Waals surface area contributed by atoms with Crippen LogP contribution in [0.1, 0.15) is 56.5 Å². The van der Waals surface area contributed by atoms with Crippen LogP contribution >= 0.6 is 27.3 Å². The quantitative estimate of drug-likeness (QED) is 0.165. The van der Waals surface area contributed by atoms with Gasteiger partial charge in [-0.05, 0) is 89.8 Å². The number of ketones is 1. The van der Waals surface area contributed by atoms with Crippen molar-refractivity contribution in [3.63, 3.8) is 0 Å². The van der Waals surface area contributed by atoms with Crippen molar-refractivity contribution in [1.29, 1.82) is 0 Å². The van der Waals surface area contributed by atoms with Gasteiger partial charge in [-0.1, -0.05) is 19.9 Å². The number of carbonyl (C=O) groups excluding carboxylic acids is 1. The number of carbonyl (C=O) groups is 1. The first kappa shape index (κ1) is 28.5. The normalized spacial score (nSPS) is 12.2. The molecule has 0 saturated carbocycles. The van der Waals surface area contributed by atoms with Crippen molar-refractivity contribution < 1.29 is 4.79 Å². The minimum atomic E-state index is -0.0803. The van der Waals surface area contributed by atoms with E-state index in [2.05, 4.69) is 99.2 Å². The average Bonchev–Trinajstić information content (AvgIpc) is 3.49. The Morgan fingerprint density at radius 2 is 1.84 bits per heavy atom. The number of thiophene rings is 1. The van der Waals surface area contributed by atoms with Crippen molar-refractivity contribution in [3.8, 4) is 11.4 Å². The van der Waals surface area contributed by atoms with Gasteiger partial charge in [0.05, 0.1) is 14.8 Å². The fourth-order valence-corrected chi connectivity index (χ4v) is 6.37. The molecule has 38 heavy (non-hydrogen) atoms. The van der Waals surface area contributed by atoms with Crippen LogP contribution in [0.4, 0.5) is 5.69 Å². The highest BCUT2D eigenvalue weighted by Gasteiger charge is 2.18. The van der Waals surface area contributed by atoms with Crippen LogP contribution in [-0.2, 0) is 17.9 Å². The number of nitrogens with one attached hydrogen (secondary N) is 1. The van der Waals surface area contributed by atoms with Crippen LogP contribution < -0.4 is 16.0 Å². The Labute approximate surface area is 238 Å². The van der Waals surface area contributed by atoms with Gasteiger partial charge in [-0.2, -0.15) is 0 Å². The maximum Gasteiger partial charge on any atom is 0.141 e. The number of rotatable bonds is 14. The molecule has 2 aromatic carbocycles. The van der Waals surface area contributed by atoms with Crippen LogP contribution in [0.2, 0.25) is 0 Å². The predicted molar refractivity (Wildman–Crippen MR) is 164 cm³/mol. The van der Waals surface area contributed by atoms with Crippen molar-refractivity contribution in [1.82, 2.24) is 14.9 Å². The summed E-state index contributed by atoms with van der Waals surface area (Å²) in [6.07, 6.45) is 2.68. The molecule has 1 atom stereocenters. The Bertz CT molecular complexity index is 1340. The molecule has 0 aliphatic carbocycles. The summed E-state index contributed by atoms with van der Waals surface area (Å²) in [5, 5.41) is 3.59. The number of hydrogen-bond acceptors (Lipinski definition) is 6. The first-order valence-electron chi connectivity index (χ1n) is 13.5. The third-order valence-corrected chi connectivity index (χ3v) is 8.27. The predicted octanol–water partition coefficient (Wildman–Crippen LogP) is 6.92. The molecule has 4 rings (SSSR count). The number of hydrogen-bond donors (Lipinski definition) is 2. The topological polar surface area (TPSA) is 76.2 Å². The number of nitrogens with two attached hydrogens (primary N) is 1. The highest BCUT2D eigenvalue weighted by molar-refractivity contribution is 9.11. The van der Waals surface area contributed by atoms with E-state index in [1.807, 2.05) is 0 Å². The van der Waals surface area contributed by atoms with E-state index in [0.29, 0.717) is 26.1 Å². The summed E-state index contributed by atoms with van der Waals surface area (Å²) in [6, 6.07) is 19.2. The molecule has 0 spiro atoms. The SMILES string of the molecule is CCCN(CCC)c1ccc(-c2nc3cc(C(CC(C)=O)NCc4ccc(Br)s4)ccc3n2CCN)cc1. The highest BCUT2D eigenvalue weighted by atomic mass is 79.9. The third-order valence-electron chi connectivity index (χ3n) is 6.65. The van der Waals surface area contributed by atoms with E-state index in [-0.39, 0.29) is 11.8 Å². The fourth-order valence-electron chi connectivity index (χ4n) is 4.94. The summed E-state index contributed by atoms with van der Waals surface area (Å²) in [5.41, 5.74) is 11.4. The van der Waals surface area contributed by atoms with E-state index in [0.717, 1.165) is 57.7 Å². The molecular weight excluding hydrogens is 558 g/mol. The van der Waals surface area contributed by atoms with Crippen molar-refractivity contribution in [2.45, 2.75) is 59.2 Å². The van der Waals surface area contributed by atoms with Crippen LogP contribution in [0, 0.1) is 0 Å². The number of nitrogens with zero attached hydrogens (tertiary/aromatic N) is 3. The smallest absolute Gasteiger partial charge is 0.141 e. The summed E-state index contributed by atoms with van der Waals surface area (Å²) in [6.45, 7) is 10.1. The second-order valence-electron chi connectivity index (χ2n) is 9.70. The molecule has 4 aromatic rings. The molecule has 0 fully saturated rings. The number of halogens is 1. The number of fused-ring (bicyclic) bond motifs is 1. The molecule has 0 amide bonds. The number of Topliss-reactive ketones (excluding diaryl/α,β-unsaturated/α-hetero) is 1.